The number of nitrogens with zero attached hydrogens (tertiary/aromatic N) is 2. The van der Waals surface area contributed by atoms with E-state index in [0.29, 0.717) is 5.56 Å². The van der Waals surface area contributed by atoms with E-state index < -0.39 is 30.7 Å². The summed E-state index contributed by atoms with van der Waals surface area (Å²) < 4.78 is 19.1. The van der Waals surface area contributed by atoms with Gasteiger partial charge >= 0.3 is 5.69 Å². The number of rotatable bonds is 3. The van der Waals surface area contributed by atoms with Crippen LogP contribution in [0.25, 0.3) is 6.08 Å². The molecule has 114 valence electrons. The van der Waals surface area contributed by atoms with E-state index in [0.717, 1.165) is 4.57 Å². The molecule has 3 atom stereocenters. The van der Waals surface area contributed by atoms with Gasteiger partial charge in [0.1, 0.15) is 18.0 Å². The van der Waals surface area contributed by atoms with E-state index in [1.165, 1.54) is 6.20 Å². The number of ether oxygens (including phenoxy) is 1. The Balaban J connectivity index is 2.47. The van der Waals surface area contributed by atoms with E-state index >= 15 is 0 Å². The van der Waals surface area contributed by atoms with Gasteiger partial charge in [0, 0.05) is 17.3 Å². The molecule has 0 spiro atoms. The molecule has 21 heavy (non-hydrogen) atoms. The number of nitrogen functional groups attached to an aromatic ring is 1. The average molecular weight is 297 g/mol. The normalized spacial score (nSPS) is 27.8. The first-order chi connectivity index (χ1) is 10.0. The van der Waals surface area contributed by atoms with Crippen molar-refractivity contribution in [2.75, 3.05) is 12.3 Å². The molecule has 8 heteroatoms. The summed E-state index contributed by atoms with van der Waals surface area (Å²) in [6, 6.07) is 0. The molecule has 1 aromatic heterocycles. The fraction of sp³-hybridized carbons (Fsp3) is 0.385. The summed E-state index contributed by atoms with van der Waals surface area (Å²) in [5.74, 6) is 0.0433. The van der Waals surface area contributed by atoms with Crippen LogP contribution in [0.15, 0.2) is 29.0 Å². The third-order valence-electron chi connectivity index (χ3n) is 3.21. The molecule has 1 saturated heterocycles. The second kappa shape index (κ2) is 6.17. The van der Waals surface area contributed by atoms with Crippen molar-refractivity contribution in [2.45, 2.75) is 25.4 Å². The lowest BCUT2D eigenvalue weighted by Crippen LogP contribution is -2.32. The minimum Gasteiger partial charge on any atom is -0.393 e. The van der Waals surface area contributed by atoms with Crippen molar-refractivity contribution in [1.82, 2.24) is 9.55 Å². The standard InChI is InChI=1S/C13H16FN3O4/c1-2-3-7-5-17(13(20)16-11(7)15)12-10(19)8(4-14)9(6-18)21-12/h2-5,9-10,12,18-19H,6H2,1H3,(H2,15,16,20)/b3-2-,8-4-. The quantitative estimate of drug-likeness (QED) is 0.722. The number of aliphatic hydroxyl groups is 2. The van der Waals surface area contributed by atoms with Gasteiger partial charge < -0.3 is 20.7 Å². The lowest BCUT2D eigenvalue weighted by Gasteiger charge is -2.17. The summed E-state index contributed by atoms with van der Waals surface area (Å²) in [4.78, 5) is 15.5. The summed E-state index contributed by atoms with van der Waals surface area (Å²) >= 11 is 0. The van der Waals surface area contributed by atoms with Gasteiger partial charge in [-0.15, -0.1) is 0 Å². The van der Waals surface area contributed by atoms with E-state index in [9.17, 15) is 14.3 Å². The lowest BCUT2D eigenvalue weighted by atomic mass is 10.1. The second-order valence-electron chi connectivity index (χ2n) is 4.52. The molecule has 1 aliphatic rings. The zero-order valence-electron chi connectivity index (χ0n) is 11.3. The maximum atomic E-state index is 12.8. The molecule has 1 aromatic rings. The molecular formula is C13H16FN3O4. The summed E-state index contributed by atoms with van der Waals surface area (Å²) in [6.07, 6.45) is 1.31. The third-order valence-corrected chi connectivity index (χ3v) is 3.21. The fourth-order valence-electron chi connectivity index (χ4n) is 2.16. The molecule has 7 nitrogen and oxygen atoms in total. The highest BCUT2D eigenvalue weighted by Crippen LogP contribution is 2.32. The van der Waals surface area contributed by atoms with E-state index in [4.69, 9.17) is 15.6 Å². The number of nitrogens with two attached hydrogens (primary N) is 1. The smallest absolute Gasteiger partial charge is 0.351 e. The van der Waals surface area contributed by atoms with Crippen LogP contribution in [0.2, 0.25) is 0 Å². The van der Waals surface area contributed by atoms with Crippen molar-refractivity contribution in [3.05, 3.63) is 40.2 Å². The van der Waals surface area contributed by atoms with E-state index in [1.807, 2.05) is 0 Å². The Kier molecular flexibility index (Phi) is 4.51. The van der Waals surface area contributed by atoms with Gasteiger partial charge in [0.05, 0.1) is 12.9 Å². The summed E-state index contributed by atoms with van der Waals surface area (Å²) in [7, 11) is 0. The first kappa shape index (κ1) is 15.4. The maximum absolute atomic E-state index is 12.8. The highest BCUT2D eigenvalue weighted by Gasteiger charge is 2.40. The van der Waals surface area contributed by atoms with Crippen LogP contribution in [0.1, 0.15) is 18.7 Å². The molecule has 3 unspecified atom stereocenters. The second-order valence-corrected chi connectivity index (χ2v) is 4.52. The first-order valence-electron chi connectivity index (χ1n) is 6.29. The number of aliphatic hydroxyl groups excluding tert-OH is 2. The zero-order valence-corrected chi connectivity index (χ0v) is 11.3. The zero-order chi connectivity index (χ0) is 15.6. The van der Waals surface area contributed by atoms with Gasteiger partial charge in [-0.05, 0) is 6.92 Å². The van der Waals surface area contributed by atoms with E-state index in [2.05, 4.69) is 4.98 Å². The van der Waals surface area contributed by atoms with Gasteiger partial charge in [0.25, 0.3) is 0 Å². The molecule has 0 aliphatic carbocycles. The Morgan fingerprint density at radius 1 is 1.62 bits per heavy atom. The van der Waals surface area contributed by atoms with Crippen LogP contribution in [0.3, 0.4) is 0 Å². The van der Waals surface area contributed by atoms with Crippen molar-refractivity contribution in [2.24, 2.45) is 0 Å². The monoisotopic (exact) mass is 297 g/mol. The van der Waals surface area contributed by atoms with Crippen LogP contribution in [0.4, 0.5) is 10.2 Å². The number of hydrogen-bond donors (Lipinski definition) is 3. The molecule has 2 heterocycles. The molecule has 2 rings (SSSR count). The first-order valence-corrected chi connectivity index (χ1v) is 6.29. The Morgan fingerprint density at radius 3 is 2.86 bits per heavy atom. The Bertz CT molecular complexity index is 641. The number of halogens is 1. The van der Waals surface area contributed by atoms with Gasteiger partial charge in [-0.2, -0.15) is 4.98 Å². The van der Waals surface area contributed by atoms with Crippen molar-refractivity contribution in [3.63, 3.8) is 0 Å². The van der Waals surface area contributed by atoms with E-state index in [-0.39, 0.29) is 17.7 Å². The number of anilines is 1. The number of allylic oxidation sites excluding steroid dienone is 1. The van der Waals surface area contributed by atoms with Crippen LogP contribution in [0, 0.1) is 0 Å². The Labute approximate surface area is 119 Å². The number of hydrogen-bond acceptors (Lipinski definition) is 6. The van der Waals surface area contributed by atoms with Crippen molar-refractivity contribution >= 4 is 11.9 Å². The molecule has 0 amide bonds. The molecular weight excluding hydrogens is 281 g/mol. The molecule has 1 aliphatic heterocycles. The van der Waals surface area contributed by atoms with Crippen molar-refractivity contribution in [1.29, 1.82) is 0 Å². The minimum absolute atomic E-state index is 0.0433. The van der Waals surface area contributed by atoms with Crippen LogP contribution >= 0.6 is 0 Å². The van der Waals surface area contributed by atoms with Gasteiger partial charge in [0.15, 0.2) is 6.23 Å². The van der Waals surface area contributed by atoms with Gasteiger partial charge in [-0.25, -0.2) is 9.18 Å². The fourth-order valence-corrected chi connectivity index (χ4v) is 2.16. The Morgan fingerprint density at radius 2 is 2.33 bits per heavy atom. The summed E-state index contributed by atoms with van der Waals surface area (Å²) in [6.45, 7) is 1.25. The van der Waals surface area contributed by atoms with Crippen molar-refractivity contribution < 1.29 is 19.3 Å². The van der Waals surface area contributed by atoms with Crippen LogP contribution in [-0.4, -0.2) is 38.6 Å². The maximum Gasteiger partial charge on any atom is 0.351 e. The summed E-state index contributed by atoms with van der Waals surface area (Å²) in [5.41, 5.74) is 5.23. The molecule has 0 saturated carbocycles. The average Bonchev–Trinajstić information content (AvgIpc) is 2.78. The van der Waals surface area contributed by atoms with Crippen LogP contribution in [-0.2, 0) is 4.74 Å². The SMILES string of the molecule is C/C=C\c1cn(C2OC(CO)/C(=C/F)C2O)c(=O)nc1N. The molecule has 1 fully saturated rings. The largest absolute Gasteiger partial charge is 0.393 e. The van der Waals surface area contributed by atoms with Gasteiger partial charge in [0.2, 0.25) is 0 Å². The van der Waals surface area contributed by atoms with Crippen LogP contribution in [0.5, 0.6) is 0 Å². The molecule has 0 bridgehead atoms. The molecule has 0 aromatic carbocycles. The number of aromatic nitrogens is 2. The highest BCUT2D eigenvalue weighted by atomic mass is 19.1. The van der Waals surface area contributed by atoms with Gasteiger partial charge in [-0.3, -0.25) is 4.57 Å². The topological polar surface area (TPSA) is 111 Å². The Hall–Kier alpha value is -2.03. The highest BCUT2D eigenvalue weighted by molar-refractivity contribution is 5.59. The van der Waals surface area contributed by atoms with Gasteiger partial charge in [-0.1, -0.05) is 12.2 Å². The summed E-state index contributed by atoms with van der Waals surface area (Å²) in [5, 5.41) is 19.2. The minimum atomic E-state index is -1.39. The predicted octanol–water partition coefficient (Wildman–Crippen LogP) is -0.0374. The molecule has 0 radical (unpaired) electrons. The van der Waals surface area contributed by atoms with Crippen LogP contribution < -0.4 is 11.4 Å². The van der Waals surface area contributed by atoms with Crippen molar-refractivity contribution in [3.8, 4) is 0 Å². The molecule has 4 N–H and O–H groups in total. The lowest BCUT2D eigenvalue weighted by molar-refractivity contribution is -0.0527. The van der Waals surface area contributed by atoms with E-state index in [1.54, 1.807) is 19.1 Å². The predicted molar refractivity (Wildman–Crippen MR) is 73.8 cm³/mol. The third kappa shape index (κ3) is 2.73.